The van der Waals surface area contributed by atoms with Crippen LogP contribution < -0.4 is 5.32 Å². The standard InChI is InChI=1S/C17H26BrNO/c1-12-8-13(10-17(2,3)9-12)19-16-7-5-6-15(18)14(16)11-20-4/h5-7,12-13,19H,8-11H2,1-4H3. The molecule has 1 N–H and O–H groups in total. The lowest BCUT2D eigenvalue weighted by atomic mass is 9.70. The molecule has 2 nitrogen and oxygen atoms in total. The second kappa shape index (κ2) is 6.48. The third-order valence-electron chi connectivity index (χ3n) is 4.15. The van der Waals surface area contributed by atoms with E-state index in [4.69, 9.17) is 4.74 Å². The molecule has 2 rings (SSSR count). The molecule has 1 aromatic carbocycles. The number of benzene rings is 1. The first-order valence-electron chi connectivity index (χ1n) is 7.44. The number of nitrogens with one attached hydrogen (secondary N) is 1. The van der Waals surface area contributed by atoms with Gasteiger partial charge in [0.1, 0.15) is 0 Å². The maximum absolute atomic E-state index is 5.33. The van der Waals surface area contributed by atoms with Gasteiger partial charge in [0.25, 0.3) is 0 Å². The maximum atomic E-state index is 5.33. The summed E-state index contributed by atoms with van der Waals surface area (Å²) in [5.41, 5.74) is 2.85. The number of hydrogen-bond donors (Lipinski definition) is 1. The molecule has 2 unspecified atom stereocenters. The average molecular weight is 340 g/mol. The number of methoxy groups -OCH3 is 1. The van der Waals surface area contributed by atoms with Gasteiger partial charge in [-0.15, -0.1) is 0 Å². The van der Waals surface area contributed by atoms with E-state index in [1.807, 2.05) is 0 Å². The highest BCUT2D eigenvalue weighted by atomic mass is 79.9. The van der Waals surface area contributed by atoms with Gasteiger partial charge in [0.15, 0.2) is 0 Å². The normalized spacial score (nSPS) is 25.4. The molecule has 2 atom stereocenters. The van der Waals surface area contributed by atoms with E-state index in [2.05, 4.69) is 60.2 Å². The van der Waals surface area contributed by atoms with Crippen LogP contribution in [0.4, 0.5) is 5.69 Å². The average Bonchev–Trinajstić information content (AvgIpc) is 2.31. The summed E-state index contributed by atoms with van der Waals surface area (Å²) < 4.78 is 6.45. The fourth-order valence-corrected chi connectivity index (χ4v) is 4.14. The number of halogens is 1. The number of hydrogen-bond acceptors (Lipinski definition) is 2. The van der Waals surface area contributed by atoms with Crippen LogP contribution in [0.5, 0.6) is 0 Å². The molecule has 0 bridgehead atoms. The first-order chi connectivity index (χ1) is 9.41. The molecule has 0 saturated heterocycles. The smallest absolute Gasteiger partial charge is 0.0744 e. The molecule has 112 valence electrons. The van der Waals surface area contributed by atoms with Crippen molar-refractivity contribution in [2.24, 2.45) is 11.3 Å². The van der Waals surface area contributed by atoms with E-state index < -0.39 is 0 Å². The highest BCUT2D eigenvalue weighted by molar-refractivity contribution is 9.10. The molecule has 0 radical (unpaired) electrons. The Morgan fingerprint density at radius 2 is 2.10 bits per heavy atom. The van der Waals surface area contributed by atoms with Crippen LogP contribution in [-0.4, -0.2) is 13.2 Å². The molecule has 0 aromatic heterocycles. The maximum Gasteiger partial charge on any atom is 0.0744 e. The van der Waals surface area contributed by atoms with Crippen molar-refractivity contribution in [1.82, 2.24) is 0 Å². The zero-order valence-corrected chi connectivity index (χ0v) is 14.6. The van der Waals surface area contributed by atoms with E-state index in [1.165, 1.54) is 30.5 Å². The number of ether oxygens (including phenoxy) is 1. The lowest BCUT2D eigenvalue weighted by molar-refractivity contribution is 0.176. The summed E-state index contributed by atoms with van der Waals surface area (Å²) in [6.07, 6.45) is 3.81. The summed E-state index contributed by atoms with van der Waals surface area (Å²) in [6.45, 7) is 7.77. The quantitative estimate of drug-likeness (QED) is 0.811. The molecule has 0 amide bonds. The molecule has 1 aliphatic carbocycles. The SMILES string of the molecule is COCc1c(Br)cccc1NC1CC(C)CC(C)(C)C1. The molecule has 1 fully saturated rings. The van der Waals surface area contributed by atoms with Crippen molar-refractivity contribution in [3.05, 3.63) is 28.2 Å². The van der Waals surface area contributed by atoms with Crippen LogP contribution in [0.25, 0.3) is 0 Å². The fraction of sp³-hybridized carbons (Fsp3) is 0.647. The lowest BCUT2D eigenvalue weighted by Crippen LogP contribution is -2.35. The Kier molecular flexibility index (Phi) is 5.14. The van der Waals surface area contributed by atoms with Gasteiger partial charge in [0.2, 0.25) is 0 Å². The zero-order valence-electron chi connectivity index (χ0n) is 13.0. The van der Waals surface area contributed by atoms with Crippen LogP contribution in [-0.2, 0) is 11.3 Å². The van der Waals surface area contributed by atoms with Crippen LogP contribution in [0.15, 0.2) is 22.7 Å². The summed E-state index contributed by atoms with van der Waals surface area (Å²) in [5.74, 6) is 0.786. The van der Waals surface area contributed by atoms with E-state index >= 15 is 0 Å². The van der Waals surface area contributed by atoms with E-state index in [0.29, 0.717) is 18.1 Å². The molecule has 1 aromatic rings. The Hall–Kier alpha value is -0.540. The van der Waals surface area contributed by atoms with Crippen molar-refractivity contribution in [2.75, 3.05) is 12.4 Å². The van der Waals surface area contributed by atoms with Gasteiger partial charge in [-0.3, -0.25) is 0 Å². The van der Waals surface area contributed by atoms with Gasteiger partial charge >= 0.3 is 0 Å². The van der Waals surface area contributed by atoms with E-state index in [-0.39, 0.29) is 0 Å². The van der Waals surface area contributed by atoms with Crippen molar-refractivity contribution in [3.63, 3.8) is 0 Å². The van der Waals surface area contributed by atoms with Crippen LogP contribution in [0.2, 0.25) is 0 Å². The zero-order chi connectivity index (χ0) is 14.8. The first-order valence-corrected chi connectivity index (χ1v) is 8.23. The van der Waals surface area contributed by atoms with Gasteiger partial charge in [-0.05, 0) is 42.7 Å². The minimum absolute atomic E-state index is 0.433. The van der Waals surface area contributed by atoms with Crippen molar-refractivity contribution >= 4 is 21.6 Å². The van der Waals surface area contributed by atoms with Gasteiger partial charge < -0.3 is 10.1 Å². The van der Waals surface area contributed by atoms with Gasteiger partial charge in [-0.1, -0.05) is 42.8 Å². The second-order valence-corrected chi connectivity index (χ2v) is 7.81. The summed E-state index contributed by atoms with van der Waals surface area (Å²) in [6, 6.07) is 6.88. The molecular weight excluding hydrogens is 314 g/mol. The Bertz CT molecular complexity index is 458. The molecule has 1 saturated carbocycles. The fourth-order valence-electron chi connectivity index (χ4n) is 3.66. The third kappa shape index (κ3) is 3.98. The van der Waals surface area contributed by atoms with Crippen LogP contribution in [0.3, 0.4) is 0 Å². The topological polar surface area (TPSA) is 21.3 Å². The molecule has 20 heavy (non-hydrogen) atoms. The van der Waals surface area contributed by atoms with Gasteiger partial charge in [0, 0.05) is 28.9 Å². The van der Waals surface area contributed by atoms with Crippen LogP contribution in [0, 0.1) is 11.3 Å². The minimum Gasteiger partial charge on any atom is -0.382 e. The van der Waals surface area contributed by atoms with E-state index in [1.54, 1.807) is 7.11 Å². The second-order valence-electron chi connectivity index (χ2n) is 6.95. The van der Waals surface area contributed by atoms with Crippen molar-refractivity contribution in [2.45, 2.75) is 52.7 Å². The molecule has 0 aliphatic heterocycles. The predicted molar refractivity (Wildman–Crippen MR) is 89.1 cm³/mol. The minimum atomic E-state index is 0.433. The molecule has 1 aliphatic rings. The Morgan fingerprint density at radius 1 is 1.35 bits per heavy atom. The molecule has 0 spiro atoms. The number of anilines is 1. The first kappa shape index (κ1) is 15.8. The molecular formula is C17H26BrNO. The van der Waals surface area contributed by atoms with E-state index in [9.17, 15) is 0 Å². The predicted octanol–water partition coefficient (Wildman–Crippen LogP) is 5.22. The highest BCUT2D eigenvalue weighted by Crippen LogP contribution is 2.40. The van der Waals surface area contributed by atoms with Gasteiger partial charge in [-0.2, -0.15) is 0 Å². The Morgan fingerprint density at radius 3 is 2.75 bits per heavy atom. The van der Waals surface area contributed by atoms with Crippen molar-refractivity contribution in [1.29, 1.82) is 0 Å². The Labute approximate surface area is 131 Å². The monoisotopic (exact) mass is 339 g/mol. The lowest BCUT2D eigenvalue weighted by Gasteiger charge is -2.40. The molecule has 0 heterocycles. The highest BCUT2D eigenvalue weighted by Gasteiger charge is 2.32. The van der Waals surface area contributed by atoms with Crippen molar-refractivity contribution < 1.29 is 4.74 Å². The van der Waals surface area contributed by atoms with Gasteiger partial charge in [0.05, 0.1) is 6.61 Å². The van der Waals surface area contributed by atoms with Gasteiger partial charge in [-0.25, -0.2) is 0 Å². The van der Waals surface area contributed by atoms with Crippen LogP contribution in [0.1, 0.15) is 45.6 Å². The summed E-state index contributed by atoms with van der Waals surface area (Å²) in [7, 11) is 1.75. The Balaban J connectivity index is 2.15. The van der Waals surface area contributed by atoms with E-state index in [0.717, 1.165) is 10.4 Å². The summed E-state index contributed by atoms with van der Waals surface area (Å²) in [5, 5.41) is 3.75. The third-order valence-corrected chi connectivity index (χ3v) is 4.90. The number of rotatable bonds is 4. The van der Waals surface area contributed by atoms with Crippen molar-refractivity contribution in [3.8, 4) is 0 Å². The summed E-state index contributed by atoms with van der Waals surface area (Å²) >= 11 is 3.63. The largest absolute Gasteiger partial charge is 0.382 e. The molecule has 3 heteroatoms. The van der Waals surface area contributed by atoms with Crippen LogP contribution >= 0.6 is 15.9 Å². The summed E-state index contributed by atoms with van der Waals surface area (Å²) in [4.78, 5) is 0.